The van der Waals surface area contributed by atoms with E-state index >= 15 is 0 Å². The summed E-state index contributed by atoms with van der Waals surface area (Å²) in [5.41, 5.74) is -3.01. The van der Waals surface area contributed by atoms with Crippen molar-refractivity contribution in [2.24, 2.45) is 0 Å². The number of nitrogens with zero attached hydrogens (tertiary/aromatic N) is 3. The van der Waals surface area contributed by atoms with Gasteiger partial charge in [-0.15, -0.1) is 0 Å². The number of nitro groups is 1. The Morgan fingerprint density at radius 3 is 2.50 bits per heavy atom. The highest BCUT2D eigenvalue weighted by Gasteiger charge is 2.33. The highest BCUT2D eigenvalue weighted by Crippen LogP contribution is 2.34. The maximum Gasteiger partial charge on any atom is 0.416 e. The standard InChI is InChI=1S/C21H17F4N5O4/c1-12-10-18(31)19(28-29(12)16-5-3-2-4-14(16)22)20(32)27-9-8-26-15-7-6-13(21(23,24)25)11-17(15)30(33)34/h2-7,10-11,26H,8-9H2,1H3,(H,27,32). The summed E-state index contributed by atoms with van der Waals surface area (Å²) < 4.78 is 53.6. The van der Waals surface area contributed by atoms with Gasteiger partial charge in [0.1, 0.15) is 17.2 Å². The molecule has 0 aliphatic heterocycles. The zero-order chi connectivity index (χ0) is 25.0. The third-order valence-electron chi connectivity index (χ3n) is 4.65. The zero-order valence-electron chi connectivity index (χ0n) is 17.5. The summed E-state index contributed by atoms with van der Waals surface area (Å²) in [6.45, 7) is 1.26. The molecule has 3 rings (SSSR count). The lowest BCUT2D eigenvalue weighted by molar-refractivity contribution is -0.384. The molecule has 3 aromatic rings. The minimum absolute atomic E-state index is 0.0327. The van der Waals surface area contributed by atoms with Crippen molar-refractivity contribution >= 4 is 17.3 Å². The summed E-state index contributed by atoms with van der Waals surface area (Å²) in [6, 6.07) is 8.78. The van der Waals surface area contributed by atoms with Crippen LogP contribution in [0.15, 0.2) is 53.3 Å². The number of benzene rings is 2. The predicted molar refractivity (Wildman–Crippen MR) is 113 cm³/mol. The van der Waals surface area contributed by atoms with E-state index in [1.807, 2.05) is 0 Å². The zero-order valence-corrected chi connectivity index (χ0v) is 17.5. The van der Waals surface area contributed by atoms with Crippen LogP contribution in [0.1, 0.15) is 21.7 Å². The lowest BCUT2D eigenvalue weighted by Crippen LogP contribution is -2.34. The topological polar surface area (TPSA) is 119 Å². The minimum Gasteiger partial charge on any atom is -0.378 e. The SMILES string of the molecule is Cc1cc(=O)c(C(=O)NCCNc2ccc(C(F)(F)F)cc2[N+](=O)[O-])nn1-c1ccccc1F. The number of hydrogen-bond acceptors (Lipinski definition) is 6. The molecule has 1 heterocycles. The quantitative estimate of drug-likeness (QED) is 0.232. The van der Waals surface area contributed by atoms with Crippen LogP contribution < -0.4 is 16.1 Å². The molecule has 0 bridgehead atoms. The molecule has 34 heavy (non-hydrogen) atoms. The van der Waals surface area contributed by atoms with Crippen molar-refractivity contribution in [1.82, 2.24) is 15.1 Å². The number of carbonyl (C=O) groups is 1. The van der Waals surface area contributed by atoms with Crippen LogP contribution in [-0.4, -0.2) is 33.7 Å². The van der Waals surface area contributed by atoms with Gasteiger partial charge in [0.2, 0.25) is 5.43 Å². The number of anilines is 1. The number of halogens is 4. The van der Waals surface area contributed by atoms with Gasteiger partial charge in [0.05, 0.1) is 10.5 Å². The molecule has 0 aliphatic rings. The van der Waals surface area contributed by atoms with E-state index in [2.05, 4.69) is 15.7 Å². The molecule has 0 aliphatic carbocycles. The molecule has 178 valence electrons. The molecule has 2 aromatic carbocycles. The number of amides is 1. The van der Waals surface area contributed by atoms with Gasteiger partial charge in [-0.1, -0.05) is 12.1 Å². The molecule has 0 fully saturated rings. The van der Waals surface area contributed by atoms with Crippen molar-refractivity contribution in [1.29, 1.82) is 0 Å². The predicted octanol–water partition coefficient (Wildman–Crippen LogP) is 3.45. The minimum atomic E-state index is -4.74. The Kier molecular flexibility index (Phi) is 6.94. The fourth-order valence-corrected chi connectivity index (χ4v) is 3.04. The molecular weight excluding hydrogens is 462 g/mol. The van der Waals surface area contributed by atoms with E-state index in [0.717, 1.165) is 16.8 Å². The smallest absolute Gasteiger partial charge is 0.378 e. The lowest BCUT2D eigenvalue weighted by atomic mass is 10.1. The van der Waals surface area contributed by atoms with E-state index < -0.39 is 45.2 Å². The molecule has 0 unspecified atom stereocenters. The fraction of sp³-hybridized carbons (Fsp3) is 0.190. The van der Waals surface area contributed by atoms with E-state index in [1.165, 1.54) is 25.1 Å². The van der Waals surface area contributed by atoms with Crippen molar-refractivity contribution in [2.75, 3.05) is 18.4 Å². The molecule has 9 nitrogen and oxygen atoms in total. The first-order valence-electron chi connectivity index (χ1n) is 9.72. The van der Waals surface area contributed by atoms with Crippen LogP contribution in [0.25, 0.3) is 5.69 Å². The molecule has 0 radical (unpaired) electrons. The molecule has 0 spiro atoms. The molecule has 0 saturated carbocycles. The van der Waals surface area contributed by atoms with Crippen LogP contribution in [0, 0.1) is 22.9 Å². The third-order valence-corrected chi connectivity index (χ3v) is 4.65. The summed E-state index contributed by atoms with van der Waals surface area (Å²) in [7, 11) is 0. The van der Waals surface area contributed by atoms with Crippen molar-refractivity contribution in [3.8, 4) is 5.69 Å². The van der Waals surface area contributed by atoms with E-state index in [-0.39, 0.29) is 24.5 Å². The number of aryl methyl sites for hydroxylation is 1. The number of nitro benzene ring substituents is 1. The van der Waals surface area contributed by atoms with E-state index in [4.69, 9.17) is 0 Å². The van der Waals surface area contributed by atoms with Crippen molar-refractivity contribution in [3.63, 3.8) is 0 Å². The number of carbonyl (C=O) groups excluding carboxylic acids is 1. The van der Waals surface area contributed by atoms with Crippen LogP contribution in [0.3, 0.4) is 0 Å². The largest absolute Gasteiger partial charge is 0.416 e. The summed E-state index contributed by atoms with van der Waals surface area (Å²) in [6.07, 6.45) is -4.74. The third kappa shape index (κ3) is 5.36. The van der Waals surface area contributed by atoms with E-state index in [1.54, 1.807) is 6.07 Å². The maximum atomic E-state index is 14.1. The van der Waals surface area contributed by atoms with Crippen LogP contribution in [0.5, 0.6) is 0 Å². The number of para-hydroxylation sites is 1. The molecular formula is C21H17F4N5O4. The van der Waals surface area contributed by atoms with E-state index in [0.29, 0.717) is 17.8 Å². The number of nitrogens with one attached hydrogen (secondary N) is 2. The Balaban J connectivity index is 1.71. The van der Waals surface area contributed by atoms with Crippen LogP contribution in [0.2, 0.25) is 0 Å². The molecule has 0 saturated heterocycles. The van der Waals surface area contributed by atoms with E-state index in [9.17, 15) is 37.3 Å². The maximum absolute atomic E-state index is 14.1. The monoisotopic (exact) mass is 479 g/mol. The van der Waals surface area contributed by atoms with Crippen LogP contribution in [-0.2, 0) is 6.18 Å². The van der Waals surface area contributed by atoms with Gasteiger partial charge in [0.25, 0.3) is 11.6 Å². The summed E-state index contributed by atoms with van der Waals surface area (Å²) in [5, 5.41) is 20.0. The molecule has 0 atom stereocenters. The fourth-order valence-electron chi connectivity index (χ4n) is 3.04. The average molecular weight is 479 g/mol. The van der Waals surface area contributed by atoms with Gasteiger partial charge in [-0.25, -0.2) is 9.07 Å². The molecule has 13 heteroatoms. The highest BCUT2D eigenvalue weighted by molar-refractivity contribution is 5.92. The van der Waals surface area contributed by atoms with Gasteiger partial charge in [-0.2, -0.15) is 18.3 Å². The second-order valence-electron chi connectivity index (χ2n) is 7.03. The van der Waals surface area contributed by atoms with Crippen molar-refractivity contribution in [2.45, 2.75) is 13.1 Å². The van der Waals surface area contributed by atoms with Gasteiger partial charge >= 0.3 is 6.18 Å². The Hall–Kier alpha value is -4.29. The van der Waals surface area contributed by atoms with Crippen LogP contribution in [0.4, 0.5) is 28.9 Å². The summed E-state index contributed by atoms with van der Waals surface area (Å²) in [4.78, 5) is 34.8. The highest BCUT2D eigenvalue weighted by atomic mass is 19.4. The lowest BCUT2D eigenvalue weighted by Gasteiger charge is -2.13. The number of aromatic nitrogens is 2. The Morgan fingerprint density at radius 2 is 1.85 bits per heavy atom. The number of rotatable bonds is 7. The number of hydrogen-bond donors (Lipinski definition) is 2. The first-order valence-corrected chi connectivity index (χ1v) is 9.72. The molecule has 1 aromatic heterocycles. The van der Waals surface area contributed by atoms with Gasteiger partial charge in [0, 0.05) is 30.9 Å². The second-order valence-corrected chi connectivity index (χ2v) is 7.03. The normalized spacial score (nSPS) is 11.2. The summed E-state index contributed by atoms with van der Waals surface area (Å²) >= 11 is 0. The Bertz CT molecular complexity index is 1310. The number of alkyl halides is 3. The molecule has 1 amide bonds. The van der Waals surface area contributed by atoms with Crippen molar-refractivity contribution in [3.05, 3.63) is 91.6 Å². The Morgan fingerprint density at radius 1 is 1.15 bits per heavy atom. The second kappa shape index (κ2) is 9.68. The van der Waals surface area contributed by atoms with Gasteiger partial charge in [-0.3, -0.25) is 19.7 Å². The first-order chi connectivity index (χ1) is 16.0. The summed E-state index contributed by atoms with van der Waals surface area (Å²) in [5.74, 6) is -1.49. The average Bonchev–Trinajstić information content (AvgIpc) is 2.76. The van der Waals surface area contributed by atoms with Crippen LogP contribution >= 0.6 is 0 Å². The van der Waals surface area contributed by atoms with Gasteiger partial charge < -0.3 is 10.6 Å². The Labute approximate surface area is 189 Å². The first kappa shape index (κ1) is 24.4. The van der Waals surface area contributed by atoms with Crippen molar-refractivity contribution < 1.29 is 27.3 Å². The van der Waals surface area contributed by atoms with Gasteiger partial charge in [-0.05, 0) is 31.2 Å². The molecule has 2 N–H and O–H groups in total. The van der Waals surface area contributed by atoms with Gasteiger partial charge in [0.15, 0.2) is 5.69 Å².